The van der Waals surface area contributed by atoms with Crippen LogP contribution in [0.5, 0.6) is 0 Å². The number of likely N-dealkylation sites (N-methyl/N-ethyl adjacent to an activating group) is 1. The standard InChI is InChI=1S/C11H18N4O2/c1-12-10-7-17-6-9(10)11(16)14-3-5-15-4-2-13-8-15/h2,4,8-10,12H,3,5-7H2,1H3,(H,14,16). The highest BCUT2D eigenvalue weighted by molar-refractivity contribution is 5.79. The third-order valence-corrected chi connectivity index (χ3v) is 3.02. The van der Waals surface area contributed by atoms with Crippen LogP contribution in [-0.4, -0.2) is 48.3 Å². The smallest absolute Gasteiger partial charge is 0.227 e. The minimum atomic E-state index is -0.0808. The normalized spacial score (nSPS) is 23.8. The van der Waals surface area contributed by atoms with Gasteiger partial charge in [-0.3, -0.25) is 4.79 Å². The lowest BCUT2D eigenvalue weighted by Crippen LogP contribution is -2.43. The van der Waals surface area contributed by atoms with E-state index in [4.69, 9.17) is 4.74 Å². The second-order valence-corrected chi connectivity index (χ2v) is 4.13. The van der Waals surface area contributed by atoms with Crippen LogP contribution in [-0.2, 0) is 16.1 Å². The van der Waals surface area contributed by atoms with Crippen molar-refractivity contribution in [3.05, 3.63) is 18.7 Å². The Labute approximate surface area is 100 Å². The molecule has 1 aliphatic rings. The Morgan fingerprint density at radius 2 is 2.47 bits per heavy atom. The molecule has 0 radical (unpaired) electrons. The van der Waals surface area contributed by atoms with Crippen molar-refractivity contribution in [2.75, 3.05) is 26.8 Å². The SMILES string of the molecule is CNC1COCC1C(=O)NCCn1ccnc1. The second-order valence-electron chi connectivity index (χ2n) is 4.13. The molecule has 1 aromatic rings. The zero-order valence-electron chi connectivity index (χ0n) is 9.93. The molecule has 6 heteroatoms. The fraction of sp³-hybridized carbons (Fsp3) is 0.636. The highest BCUT2D eigenvalue weighted by Crippen LogP contribution is 2.13. The Morgan fingerprint density at radius 3 is 3.18 bits per heavy atom. The van der Waals surface area contributed by atoms with Crippen LogP contribution in [0, 0.1) is 5.92 Å². The predicted octanol–water partition coefficient (Wildman–Crippen LogP) is -0.766. The van der Waals surface area contributed by atoms with Crippen molar-refractivity contribution in [1.29, 1.82) is 0 Å². The van der Waals surface area contributed by atoms with Crippen LogP contribution in [0.2, 0.25) is 0 Å². The number of hydrogen-bond donors (Lipinski definition) is 2. The van der Waals surface area contributed by atoms with Crippen molar-refractivity contribution in [2.24, 2.45) is 5.92 Å². The number of carbonyl (C=O) groups excluding carboxylic acids is 1. The van der Waals surface area contributed by atoms with E-state index < -0.39 is 0 Å². The maximum Gasteiger partial charge on any atom is 0.227 e. The molecular formula is C11H18N4O2. The summed E-state index contributed by atoms with van der Waals surface area (Å²) in [6.45, 7) is 2.46. The summed E-state index contributed by atoms with van der Waals surface area (Å²) >= 11 is 0. The molecule has 6 nitrogen and oxygen atoms in total. The van der Waals surface area contributed by atoms with Gasteiger partial charge in [-0.2, -0.15) is 0 Å². The summed E-state index contributed by atoms with van der Waals surface area (Å²) in [6.07, 6.45) is 5.34. The van der Waals surface area contributed by atoms with Crippen LogP contribution < -0.4 is 10.6 Å². The number of amides is 1. The summed E-state index contributed by atoms with van der Waals surface area (Å²) in [4.78, 5) is 15.8. The molecule has 0 spiro atoms. The third-order valence-electron chi connectivity index (χ3n) is 3.02. The average molecular weight is 238 g/mol. The number of hydrogen-bond acceptors (Lipinski definition) is 4. The lowest BCUT2D eigenvalue weighted by atomic mass is 10.0. The van der Waals surface area contributed by atoms with E-state index in [9.17, 15) is 4.79 Å². The van der Waals surface area contributed by atoms with Gasteiger partial charge >= 0.3 is 0 Å². The fourth-order valence-electron chi connectivity index (χ4n) is 1.96. The molecule has 1 saturated heterocycles. The Hall–Kier alpha value is -1.40. The minimum Gasteiger partial charge on any atom is -0.379 e. The highest BCUT2D eigenvalue weighted by atomic mass is 16.5. The van der Waals surface area contributed by atoms with E-state index in [0.717, 1.165) is 6.54 Å². The Morgan fingerprint density at radius 1 is 1.59 bits per heavy atom. The average Bonchev–Trinajstić information content (AvgIpc) is 2.99. The molecule has 2 N–H and O–H groups in total. The Balaban J connectivity index is 1.73. The van der Waals surface area contributed by atoms with Gasteiger partial charge in [-0.15, -0.1) is 0 Å². The van der Waals surface area contributed by atoms with Crippen molar-refractivity contribution in [3.8, 4) is 0 Å². The largest absolute Gasteiger partial charge is 0.379 e. The molecule has 0 saturated carbocycles. The van der Waals surface area contributed by atoms with E-state index in [1.54, 1.807) is 12.5 Å². The van der Waals surface area contributed by atoms with Crippen LogP contribution in [0.25, 0.3) is 0 Å². The molecule has 0 aliphatic carbocycles. The van der Waals surface area contributed by atoms with Crippen molar-refractivity contribution in [1.82, 2.24) is 20.2 Å². The lowest BCUT2D eigenvalue weighted by Gasteiger charge is -2.16. The predicted molar refractivity (Wildman–Crippen MR) is 62.4 cm³/mol. The molecule has 1 aromatic heterocycles. The van der Waals surface area contributed by atoms with Crippen LogP contribution in [0.15, 0.2) is 18.7 Å². The molecule has 1 aliphatic heterocycles. The maximum absolute atomic E-state index is 11.9. The van der Waals surface area contributed by atoms with E-state index in [2.05, 4.69) is 15.6 Å². The number of carbonyl (C=O) groups is 1. The van der Waals surface area contributed by atoms with Crippen molar-refractivity contribution in [2.45, 2.75) is 12.6 Å². The van der Waals surface area contributed by atoms with E-state index in [1.165, 1.54) is 0 Å². The zero-order chi connectivity index (χ0) is 12.1. The number of imidazole rings is 1. The summed E-state index contributed by atoms with van der Waals surface area (Å²) in [5.41, 5.74) is 0. The number of ether oxygens (including phenoxy) is 1. The number of aromatic nitrogens is 2. The molecule has 2 heterocycles. The quantitative estimate of drug-likeness (QED) is 0.707. The molecule has 1 amide bonds. The van der Waals surface area contributed by atoms with E-state index in [1.807, 2.05) is 17.8 Å². The monoisotopic (exact) mass is 238 g/mol. The lowest BCUT2D eigenvalue weighted by molar-refractivity contribution is -0.125. The van der Waals surface area contributed by atoms with Gasteiger partial charge in [0, 0.05) is 31.5 Å². The van der Waals surface area contributed by atoms with E-state index in [0.29, 0.717) is 19.8 Å². The Bertz CT molecular complexity index is 352. The summed E-state index contributed by atoms with van der Waals surface area (Å²) in [5, 5.41) is 6.02. The van der Waals surface area contributed by atoms with E-state index in [-0.39, 0.29) is 17.9 Å². The first kappa shape index (κ1) is 12.1. The molecule has 17 heavy (non-hydrogen) atoms. The fourth-order valence-corrected chi connectivity index (χ4v) is 1.96. The van der Waals surface area contributed by atoms with Gasteiger partial charge in [0.05, 0.1) is 25.5 Å². The summed E-state index contributed by atoms with van der Waals surface area (Å²) < 4.78 is 7.23. The van der Waals surface area contributed by atoms with Gasteiger partial charge in [-0.25, -0.2) is 4.98 Å². The zero-order valence-corrected chi connectivity index (χ0v) is 9.93. The molecule has 2 rings (SSSR count). The first-order chi connectivity index (χ1) is 8.31. The van der Waals surface area contributed by atoms with Gasteiger partial charge in [-0.05, 0) is 7.05 Å². The van der Waals surface area contributed by atoms with Gasteiger partial charge in [0.2, 0.25) is 5.91 Å². The molecule has 0 aromatic carbocycles. The number of rotatable bonds is 5. The molecule has 1 fully saturated rings. The van der Waals surface area contributed by atoms with Gasteiger partial charge in [-0.1, -0.05) is 0 Å². The topological polar surface area (TPSA) is 68.2 Å². The molecule has 2 unspecified atom stereocenters. The maximum atomic E-state index is 11.9. The van der Waals surface area contributed by atoms with Gasteiger partial charge in [0.15, 0.2) is 0 Å². The summed E-state index contributed by atoms with van der Waals surface area (Å²) in [7, 11) is 1.85. The molecule has 94 valence electrons. The number of nitrogens with one attached hydrogen (secondary N) is 2. The molecule has 0 bridgehead atoms. The minimum absolute atomic E-state index is 0.0574. The Kier molecular flexibility index (Phi) is 4.11. The van der Waals surface area contributed by atoms with Crippen molar-refractivity contribution >= 4 is 5.91 Å². The summed E-state index contributed by atoms with van der Waals surface area (Å²) in [5.74, 6) is -0.0234. The molecule has 2 atom stereocenters. The van der Waals surface area contributed by atoms with Gasteiger partial charge in [0.25, 0.3) is 0 Å². The van der Waals surface area contributed by atoms with Crippen LogP contribution in [0.3, 0.4) is 0 Å². The summed E-state index contributed by atoms with van der Waals surface area (Å²) in [6, 6.07) is 0.128. The highest BCUT2D eigenvalue weighted by Gasteiger charge is 2.32. The van der Waals surface area contributed by atoms with E-state index >= 15 is 0 Å². The van der Waals surface area contributed by atoms with Crippen molar-refractivity contribution in [3.63, 3.8) is 0 Å². The van der Waals surface area contributed by atoms with Crippen LogP contribution >= 0.6 is 0 Å². The second kappa shape index (κ2) is 5.79. The van der Waals surface area contributed by atoms with Crippen LogP contribution in [0.4, 0.5) is 0 Å². The van der Waals surface area contributed by atoms with Gasteiger partial charge < -0.3 is 19.9 Å². The third kappa shape index (κ3) is 3.04. The van der Waals surface area contributed by atoms with Crippen LogP contribution in [0.1, 0.15) is 0 Å². The van der Waals surface area contributed by atoms with Crippen molar-refractivity contribution < 1.29 is 9.53 Å². The first-order valence-corrected chi connectivity index (χ1v) is 5.79. The van der Waals surface area contributed by atoms with Gasteiger partial charge in [0.1, 0.15) is 0 Å². The first-order valence-electron chi connectivity index (χ1n) is 5.79. The number of nitrogens with zero attached hydrogens (tertiary/aromatic N) is 2. The molecular weight excluding hydrogens is 220 g/mol.